The van der Waals surface area contributed by atoms with Crippen LogP contribution < -0.4 is 0 Å². The van der Waals surface area contributed by atoms with Crippen LogP contribution in [0.2, 0.25) is 0 Å². The summed E-state index contributed by atoms with van der Waals surface area (Å²) in [5.74, 6) is 2.55. The second kappa shape index (κ2) is 15.0. The van der Waals surface area contributed by atoms with Gasteiger partial charge in [0, 0.05) is 38.9 Å². The normalized spacial score (nSPS) is 11.3. The van der Waals surface area contributed by atoms with Crippen LogP contribution in [0.4, 0.5) is 0 Å². The van der Waals surface area contributed by atoms with Gasteiger partial charge >= 0.3 is 0 Å². The Morgan fingerprint density at radius 3 is 1.20 bits per heavy atom. The van der Waals surface area contributed by atoms with Crippen LogP contribution in [0.5, 0.6) is 0 Å². The molecule has 2 aromatic heterocycles. The van der Waals surface area contributed by atoms with Crippen LogP contribution in [-0.4, -0.2) is 24.9 Å². The fourth-order valence-corrected chi connectivity index (χ4v) is 8.21. The lowest BCUT2D eigenvalue weighted by Gasteiger charge is -2.18. The minimum Gasteiger partial charge on any atom is -0.228 e. The first-order valence-electron chi connectivity index (χ1n) is 20.1. The molecule has 9 aromatic carbocycles. The molecule has 0 fully saturated rings. The molecule has 0 saturated carbocycles. The first-order valence-corrected chi connectivity index (χ1v) is 20.1. The summed E-state index contributed by atoms with van der Waals surface area (Å²) in [7, 11) is 0. The van der Waals surface area contributed by atoms with Crippen LogP contribution in [0, 0.1) is 0 Å². The molecule has 60 heavy (non-hydrogen) atoms. The highest BCUT2D eigenvalue weighted by Gasteiger charge is 2.22. The third-order valence-electron chi connectivity index (χ3n) is 11.1. The minimum atomic E-state index is 0.618. The summed E-state index contributed by atoms with van der Waals surface area (Å²) in [5.41, 5.74) is 9.64. The maximum Gasteiger partial charge on any atom is 0.165 e. The van der Waals surface area contributed by atoms with Gasteiger partial charge in [0.25, 0.3) is 0 Å². The zero-order valence-corrected chi connectivity index (χ0v) is 32.4. The molecule has 0 radical (unpaired) electrons. The highest BCUT2D eigenvalue weighted by atomic mass is 15.0. The lowest BCUT2D eigenvalue weighted by molar-refractivity contribution is 1.08. The van der Waals surface area contributed by atoms with Crippen LogP contribution in [-0.2, 0) is 0 Å². The van der Waals surface area contributed by atoms with Crippen molar-refractivity contribution in [2.24, 2.45) is 0 Å². The standard InChI is InChI=1S/C55H35N5/c1-4-17-37(18-5-1)48-35-49(57-54(56-48)43-33-28-36-16-10-11-23-42(36)34-43)38-29-31-39(32-30-38)50-46-26-14-12-24-44(46)45-25-13-15-27-47(45)51(50)55-59-52(40-19-6-2-7-20-40)58-53(60-55)41-21-8-3-9-22-41/h1-35H. The van der Waals surface area contributed by atoms with Crippen LogP contribution in [0.1, 0.15) is 0 Å². The SMILES string of the molecule is c1ccc(-c2cc(-c3ccc(-c4c(-c5nc(-c6ccccc6)nc(-c6ccccc6)n5)c5ccccc5c5ccccc45)cc3)nc(-c3ccc4ccccc4c3)n2)cc1. The predicted molar refractivity (Wildman–Crippen MR) is 246 cm³/mol. The molecule has 0 unspecified atom stereocenters. The summed E-state index contributed by atoms with van der Waals surface area (Å²) in [6.45, 7) is 0. The van der Waals surface area contributed by atoms with Crippen molar-refractivity contribution in [2.75, 3.05) is 0 Å². The number of aromatic nitrogens is 5. The Bertz CT molecular complexity index is 3290. The zero-order valence-electron chi connectivity index (χ0n) is 32.4. The van der Waals surface area contributed by atoms with E-state index in [0.717, 1.165) is 77.4 Å². The Morgan fingerprint density at radius 1 is 0.217 bits per heavy atom. The van der Waals surface area contributed by atoms with Crippen LogP contribution >= 0.6 is 0 Å². The van der Waals surface area contributed by atoms with Gasteiger partial charge < -0.3 is 0 Å². The number of benzene rings is 9. The number of rotatable bonds is 7. The molecule has 0 bridgehead atoms. The summed E-state index contributed by atoms with van der Waals surface area (Å²) in [6, 6.07) is 73.5. The van der Waals surface area contributed by atoms with Gasteiger partial charge in [-0.05, 0) is 50.0 Å². The smallest absolute Gasteiger partial charge is 0.165 e. The Labute approximate surface area is 347 Å². The number of nitrogens with zero attached hydrogens (tertiary/aromatic N) is 5. The quantitative estimate of drug-likeness (QED) is 0.151. The van der Waals surface area contributed by atoms with E-state index in [2.05, 4.69) is 133 Å². The van der Waals surface area contributed by atoms with Gasteiger partial charge in [-0.25, -0.2) is 24.9 Å². The molecule has 0 N–H and O–H groups in total. The van der Waals surface area contributed by atoms with Gasteiger partial charge in [-0.3, -0.25) is 0 Å². The molecule has 5 nitrogen and oxygen atoms in total. The first kappa shape index (κ1) is 35.0. The minimum absolute atomic E-state index is 0.618. The van der Waals surface area contributed by atoms with Gasteiger partial charge in [-0.15, -0.1) is 0 Å². The molecule has 0 amide bonds. The van der Waals surface area contributed by atoms with Gasteiger partial charge in [0.05, 0.1) is 11.4 Å². The molecule has 0 aliphatic carbocycles. The average molecular weight is 766 g/mol. The Kier molecular flexibility index (Phi) is 8.75. The van der Waals surface area contributed by atoms with Crippen molar-refractivity contribution in [1.82, 2.24) is 24.9 Å². The van der Waals surface area contributed by atoms with E-state index in [1.54, 1.807) is 0 Å². The van der Waals surface area contributed by atoms with Crippen molar-refractivity contribution >= 4 is 32.3 Å². The summed E-state index contributed by atoms with van der Waals surface area (Å²) in [6.07, 6.45) is 0. The topological polar surface area (TPSA) is 64.5 Å². The second-order valence-corrected chi connectivity index (χ2v) is 14.8. The van der Waals surface area contributed by atoms with E-state index >= 15 is 0 Å². The molecule has 11 rings (SSSR count). The number of hydrogen-bond acceptors (Lipinski definition) is 5. The van der Waals surface area contributed by atoms with Crippen LogP contribution in [0.15, 0.2) is 212 Å². The molecule has 11 aromatic rings. The molecule has 2 heterocycles. The third kappa shape index (κ3) is 6.45. The predicted octanol–water partition coefficient (Wildman–Crippen LogP) is 13.8. The van der Waals surface area contributed by atoms with Crippen molar-refractivity contribution in [2.45, 2.75) is 0 Å². The van der Waals surface area contributed by atoms with Crippen molar-refractivity contribution in [3.63, 3.8) is 0 Å². The molecule has 0 saturated heterocycles. The van der Waals surface area contributed by atoms with Gasteiger partial charge in [0.2, 0.25) is 0 Å². The van der Waals surface area contributed by atoms with E-state index in [9.17, 15) is 0 Å². The van der Waals surface area contributed by atoms with E-state index < -0.39 is 0 Å². The van der Waals surface area contributed by atoms with Crippen molar-refractivity contribution in [3.8, 4) is 79.2 Å². The zero-order chi connectivity index (χ0) is 39.8. The monoisotopic (exact) mass is 765 g/mol. The van der Waals surface area contributed by atoms with Gasteiger partial charge in [0.15, 0.2) is 23.3 Å². The highest BCUT2D eigenvalue weighted by molar-refractivity contribution is 6.21. The first-order chi connectivity index (χ1) is 29.7. The lowest BCUT2D eigenvalue weighted by Crippen LogP contribution is -2.02. The fourth-order valence-electron chi connectivity index (χ4n) is 8.21. The highest BCUT2D eigenvalue weighted by Crippen LogP contribution is 2.44. The second-order valence-electron chi connectivity index (χ2n) is 14.8. The van der Waals surface area contributed by atoms with E-state index in [1.807, 2.05) is 78.9 Å². The maximum absolute atomic E-state index is 5.26. The third-order valence-corrected chi connectivity index (χ3v) is 11.1. The summed E-state index contributed by atoms with van der Waals surface area (Å²) < 4.78 is 0. The lowest BCUT2D eigenvalue weighted by atomic mass is 9.87. The number of hydrogen-bond donors (Lipinski definition) is 0. The molecular weight excluding hydrogens is 731 g/mol. The Morgan fingerprint density at radius 2 is 0.617 bits per heavy atom. The van der Waals surface area contributed by atoms with Gasteiger partial charge in [-0.1, -0.05) is 200 Å². The van der Waals surface area contributed by atoms with Crippen molar-refractivity contribution in [3.05, 3.63) is 212 Å². The van der Waals surface area contributed by atoms with E-state index in [-0.39, 0.29) is 0 Å². The van der Waals surface area contributed by atoms with Gasteiger partial charge in [0.1, 0.15) is 0 Å². The number of fused-ring (bicyclic) bond motifs is 4. The summed E-state index contributed by atoms with van der Waals surface area (Å²) in [4.78, 5) is 25.9. The van der Waals surface area contributed by atoms with Crippen LogP contribution in [0.3, 0.4) is 0 Å². The fraction of sp³-hybridized carbons (Fsp3) is 0. The van der Waals surface area contributed by atoms with E-state index in [1.165, 1.54) is 10.8 Å². The molecule has 0 spiro atoms. The van der Waals surface area contributed by atoms with Crippen molar-refractivity contribution < 1.29 is 0 Å². The van der Waals surface area contributed by atoms with Crippen LogP contribution in [0.25, 0.3) is 112 Å². The molecule has 0 aliphatic rings. The molecule has 0 atom stereocenters. The largest absolute Gasteiger partial charge is 0.228 e. The van der Waals surface area contributed by atoms with E-state index in [4.69, 9.17) is 24.9 Å². The molecule has 280 valence electrons. The molecule has 0 aliphatic heterocycles. The molecule has 5 heteroatoms. The Balaban J connectivity index is 1.12. The Hall–Kier alpha value is -8.15. The van der Waals surface area contributed by atoms with E-state index in [0.29, 0.717) is 23.3 Å². The van der Waals surface area contributed by atoms with Crippen molar-refractivity contribution in [1.29, 1.82) is 0 Å². The van der Waals surface area contributed by atoms with Gasteiger partial charge in [-0.2, -0.15) is 0 Å². The summed E-state index contributed by atoms with van der Waals surface area (Å²) >= 11 is 0. The summed E-state index contributed by atoms with van der Waals surface area (Å²) in [5, 5.41) is 6.83. The molecular formula is C55H35N5. The average Bonchev–Trinajstić information content (AvgIpc) is 3.34. The maximum atomic E-state index is 5.26.